The predicted molar refractivity (Wildman–Crippen MR) is 123 cm³/mol. The fourth-order valence-electron chi connectivity index (χ4n) is 6.10. The lowest BCUT2D eigenvalue weighted by atomic mass is 9.59. The zero-order valence-corrected chi connectivity index (χ0v) is 19.5. The van der Waals surface area contributed by atoms with E-state index in [-0.39, 0.29) is 41.5 Å². The van der Waals surface area contributed by atoms with Crippen LogP contribution in [0.15, 0.2) is 52.6 Å². The molecule has 5 rings (SSSR count). The average Bonchev–Trinajstić information content (AvgIpc) is 3.07. The molecule has 0 aromatic heterocycles. The number of imide groups is 1. The molecular formula is C27H27NO6. The van der Waals surface area contributed by atoms with Crippen LogP contribution in [0.1, 0.15) is 45.1 Å². The fraction of sp³-hybridized carbons (Fsp3) is 0.407. The van der Waals surface area contributed by atoms with Gasteiger partial charge in [-0.1, -0.05) is 17.7 Å². The number of rotatable bonds is 4. The van der Waals surface area contributed by atoms with Gasteiger partial charge in [0.25, 0.3) is 0 Å². The molecule has 0 unspecified atom stereocenters. The molecular weight excluding hydrogens is 434 g/mol. The Bertz CT molecular complexity index is 1240. The van der Waals surface area contributed by atoms with Gasteiger partial charge in [-0.25, -0.2) is 0 Å². The van der Waals surface area contributed by atoms with Crippen LogP contribution in [0.3, 0.4) is 0 Å². The van der Waals surface area contributed by atoms with Gasteiger partial charge in [-0.05, 0) is 63.3 Å². The number of hydrogen-bond acceptors (Lipinski definition) is 6. The quantitative estimate of drug-likeness (QED) is 0.420. The van der Waals surface area contributed by atoms with Crippen molar-refractivity contribution in [2.75, 3.05) is 13.2 Å². The van der Waals surface area contributed by atoms with Crippen molar-refractivity contribution in [1.82, 2.24) is 4.90 Å². The third-order valence-electron chi connectivity index (χ3n) is 7.59. The summed E-state index contributed by atoms with van der Waals surface area (Å²) in [6, 6.07) is 4.96. The highest BCUT2D eigenvalue weighted by molar-refractivity contribution is 6.23. The average molecular weight is 462 g/mol. The van der Waals surface area contributed by atoms with Crippen LogP contribution in [-0.4, -0.2) is 46.5 Å². The van der Waals surface area contributed by atoms with E-state index in [1.165, 1.54) is 17.0 Å². The Balaban J connectivity index is 1.69. The second kappa shape index (κ2) is 8.08. The number of ether oxygens (including phenoxy) is 1. The summed E-state index contributed by atoms with van der Waals surface area (Å²) in [5.74, 6) is -2.34. The molecule has 4 aliphatic rings. The molecule has 176 valence electrons. The highest BCUT2D eigenvalue weighted by Crippen LogP contribution is 2.55. The van der Waals surface area contributed by atoms with Crippen molar-refractivity contribution in [3.63, 3.8) is 0 Å². The number of Topliss-reactive ketones (excluding diaryl/α,β-unsaturated/α-hetero) is 1. The SMILES string of the molecule is CCOc1cc([C@H]2C3=CC[C@@H]4C(=O)N(CC)C(=O)[C@@H]4[C@@H]3CC3=C2C(=O)C(C)=CC3=O)ccc1O. The smallest absolute Gasteiger partial charge is 0.233 e. The van der Waals surface area contributed by atoms with E-state index in [9.17, 15) is 24.3 Å². The lowest BCUT2D eigenvalue weighted by molar-refractivity contribution is -0.139. The van der Waals surface area contributed by atoms with Gasteiger partial charge >= 0.3 is 0 Å². The molecule has 4 atom stereocenters. The minimum absolute atomic E-state index is 0.0119. The van der Waals surface area contributed by atoms with Crippen LogP contribution >= 0.6 is 0 Å². The number of aromatic hydroxyl groups is 1. The Labute approximate surface area is 197 Å². The molecule has 1 N–H and O–H groups in total. The van der Waals surface area contributed by atoms with Gasteiger partial charge in [0.05, 0.1) is 18.4 Å². The fourth-order valence-corrected chi connectivity index (χ4v) is 6.10. The van der Waals surface area contributed by atoms with E-state index in [1.54, 1.807) is 26.0 Å². The van der Waals surface area contributed by atoms with Crippen LogP contribution in [0.2, 0.25) is 0 Å². The molecule has 3 aliphatic carbocycles. The maximum absolute atomic E-state index is 13.4. The third kappa shape index (κ3) is 3.10. The lowest BCUT2D eigenvalue weighted by Crippen LogP contribution is -2.39. The Kier molecular flexibility index (Phi) is 5.30. The first-order chi connectivity index (χ1) is 16.3. The minimum atomic E-state index is -0.548. The summed E-state index contributed by atoms with van der Waals surface area (Å²) in [6.07, 6.45) is 4.04. The van der Waals surface area contributed by atoms with E-state index in [0.717, 1.165) is 5.57 Å². The first-order valence-corrected chi connectivity index (χ1v) is 11.8. The van der Waals surface area contributed by atoms with Gasteiger partial charge in [-0.3, -0.25) is 24.1 Å². The van der Waals surface area contributed by atoms with Gasteiger partial charge in [-0.15, -0.1) is 0 Å². The van der Waals surface area contributed by atoms with Gasteiger partial charge in [-0.2, -0.15) is 0 Å². The molecule has 1 heterocycles. The monoisotopic (exact) mass is 461 g/mol. The van der Waals surface area contributed by atoms with E-state index in [4.69, 9.17) is 4.74 Å². The van der Waals surface area contributed by atoms with Crippen molar-refractivity contribution in [3.05, 3.63) is 58.2 Å². The number of nitrogens with zero attached hydrogens (tertiary/aromatic N) is 1. The van der Waals surface area contributed by atoms with Crippen molar-refractivity contribution in [2.45, 2.75) is 39.5 Å². The largest absolute Gasteiger partial charge is 0.504 e. The number of phenols is 1. The van der Waals surface area contributed by atoms with Crippen molar-refractivity contribution < 1.29 is 29.0 Å². The molecule has 0 bridgehead atoms. The van der Waals surface area contributed by atoms with Gasteiger partial charge in [0.2, 0.25) is 11.8 Å². The number of amides is 2. The van der Waals surface area contributed by atoms with E-state index < -0.39 is 17.8 Å². The summed E-state index contributed by atoms with van der Waals surface area (Å²) in [6.45, 7) is 5.91. The Morgan fingerprint density at radius 2 is 1.85 bits per heavy atom. The molecule has 0 radical (unpaired) electrons. The maximum Gasteiger partial charge on any atom is 0.233 e. The molecule has 1 fully saturated rings. The van der Waals surface area contributed by atoms with Crippen LogP contribution < -0.4 is 4.74 Å². The number of carbonyl (C=O) groups is 4. The normalized spacial score (nSPS) is 28.4. The van der Waals surface area contributed by atoms with Crippen LogP contribution in [0.5, 0.6) is 11.5 Å². The summed E-state index contributed by atoms with van der Waals surface area (Å²) in [4.78, 5) is 53.9. The van der Waals surface area contributed by atoms with Crippen LogP contribution in [-0.2, 0) is 19.2 Å². The van der Waals surface area contributed by atoms with Crippen LogP contribution in [0.25, 0.3) is 0 Å². The second-order valence-electron chi connectivity index (χ2n) is 9.31. The number of benzene rings is 1. The predicted octanol–water partition coefficient (Wildman–Crippen LogP) is 3.24. The molecule has 1 aromatic rings. The Hall–Kier alpha value is -3.48. The molecule has 1 aliphatic heterocycles. The minimum Gasteiger partial charge on any atom is -0.504 e. The summed E-state index contributed by atoms with van der Waals surface area (Å²) in [5, 5.41) is 10.2. The van der Waals surface area contributed by atoms with Crippen molar-refractivity contribution in [3.8, 4) is 11.5 Å². The van der Waals surface area contributed by atoms with Gasteiger partial charge in [0, 0.05) is 29.2 Å². The summed E-state index contributed by atoms with van der Waals surface area (Å²) < 4.78 is 5.58. The van der Waals surface area contributed by atoms with Crippen LogP contribution in [0.4, 0.5) is 0 Å². The molecule has 0 saturated carbocycles. The molecule has 34 heavy (non-hydrogen) atoms. The number of fused-ring (bicyclic) bond motifs is 3. The van der Waals surface area contributed by atoms with Gasteiger partial charge in [0.15, 0.2) is 23.1 Å². The molecule has 2 amide bonds. The number of hydrogen-bond donors (Lipinski definition) is 1. The number of ketones is 2. The lowest BCUT2D eigenvalue weighted by Gasteiger charge is -2.42. The highest BCUT2D eigenvalue weighted by atomic mass is 16.5. The molecule has 7 heteroatoms. The van der Waals surface area contributed by atoms with E-state index >= 15 is 0 Å². The molecule has 1 aromatic carbocycles. The first-order valence-electron chi connectivity index (χ1n) is 11.8. The topological polar surface area (TPSA) is 101 Å². The second-order valence-corrected chi connectivity index (χ2v) is 9.31. The number of likely N-dealkylation sites (tertiary alicyclic amines) is 1. The Morgan fingerprint density at radius 1 is 1.09 bits per heavy atom. The molecule has 1 saturated heterocycles. The van der Waals surface area contributed by atoms with Gasteiger partial charge < -0.3 is 9.84 Å². The van der Waals surface area contributed by atoms with E-state index in [0.29, 0.717) is 47.6 Å². The van der Waals surface area contributed by atoms with Gasteiger partial charge in [0.1, 0.15) is 0 Å². The first kappa shape index (κ1) is 22.3. The number of allylic oxidation sites excluding steroid dienone is 6. The zero-order valence-electron chi connectivity index (χ0n) is 19.5. The van der Waals surface area contributed by atoms with E-state index in [2.05, 4.69) is 0 Å². The van der Waals surface area contributed by atoms with Crippen LogP contribution in [0, 0.1) is 17.8 Å². The molecule has 0 spiro atoms. The summed E-state index contributed by atoms with van der Waals surface area (Å²) in [7, 11) is 0. The number of phenolic OH excluding ortho intramolecular Hbond substituents is 1. The summed E-state index contributed by atoms with van der Waals surface area (Å²) in [5.41, 5.74) is 2.84. The summed E-state index contributed by atoms with van der Waals surface area (Å²) >= 11 is 0. The highest BCUT2D eigenvalue weighted by Gasteiger charge is 2.55. The van der Waals surface area contributed by atoms with Crippen molar-refractivity contribution in [2.24, 2.45) is 17.8 Å². The zero-order chi connectivity index (χ0) is 24.3. The Morgan fingerprint density at radius 3 is 2.56 bits per heavy atom. The maximum atomic E-state index is 13.4. The third-order valence-corrected chi connectivity index (χ3v) is 7.59. The number of carbonyl (C=O) groups excluding carboxylic acids is 4. The van der Waals surface area contributed by atoms with E-state index in [1.807, 2.05) is 13.0 Å². The molecule has 7 nitrogen and oxygen atoms in total. The van der Waals surface area contributed by atoms with Crippen molar-refractivity contribution >= 4 is 23.4 Å². The standard InChI is InChI=1S/C27H27NO6/c1-4-28-26(32)16-8-7-15-17(23(16)27(28)33)12-18-20(30)10-13(3)25(31)24(18)22(15)14-6-9-19(29)21(11-14)34-5-2/h6-7,9-11,16-17,22-23,29H,4-5,8,12H2,1-3H3/t16-,17+,22-,23-/m0/s1. The van der Waals surface area contributed by atoms with Crippen molar-refractivity contribution in [1.29, 1.82) is 0 Å².